The number of nitrogens with zero attached hydrogens (tertiary/aromatic N) is 3. The molecule has 3 heterocycles. The predicted octanol–water partition coefficient (Wildman–Crippen LogP) is 4.07. The zero-order valence-corrected chi connectivity index (χ0v) is 20.0. The zero-order chi connectivity index (χ0) is 25.6. The number of halogens is 3. The Balaban J connectivity index is 1.64. The van der Waals surface area contributed by atoms with Crippen LogP contribution in [0.3, 0.4) is 0 Å². The molecule has 1 aliphatic rings. The minimum atomic E-state index is -1.05. The van der Waals surface area contributed by atoms with Crippen LogP contribution in [0, 0.1) is 11.6 Å². The Bertz CT molecular complexity index is 1550. The van der Waals surface area contributed by atoms with Gasteiger partial charge in [-0.05, 0) is 54.9 Å². The van der Waals surface area contributed by atoms with Crippen LogP contribution in [0.2, 0.25) is 5.02 Å². The Kier molecular flexibility index (Phi) is 6.14. The van der Waals surface area contributed by atoms with E-state index in [1.807, 2.05) is 0 Å². The highest BCUT2D eigenvalue weighted by Crippen LogP contribution is 2.36. The average molecular weight is 532 g/mol. The summed E-state index contributed by atoms with van der Waals surface area (Å²) >= 11 is 7.33. The van der Waals surface area contributed by atoms with Crippen molar-refractivity contribution in [3.8, 4) is 0 Å². The Morgan fingerprint density at radius 2 is 2.00 bits per heavy atom. The molecule has 9 nitrogen and oxygen atoms in total. The molecule has 2 N–H and O–H groups in total. The van der Waals surface area contributed by atoms with Gasteiger partial charge in [-0.1, -0.05) is 11.6 Å². The lowest BCUT2D eigenvalue weighted by Gasteiger charge is -2.28. The second kappa shape index (κ2) is 9.28. The van der Waals surface area contributed by atoms with E-state index in [1.165, 1.54) is 28.8 Å². The van der Waals surface area contributed by atoms with Gasteiger partial charge in [-0.15, -0.1) is 0 Å². The van der Waals surface area contributed by atoms with Gasteiger partial charge in [-0.3, -0.25) is 9.59 Å². The van der Waals surface area contributed by atoms with Crippen LogP contribution in [-0.2, 0) is 16.1 Å². The molecule has 1 unspecified atom stereocenters. The Morgan fingerprint density at radius 3 is 2.78 bits per heavy atom. The summed E-state index contributed by atoms with van der Waals surface area (Å²) in [5.41, 5.74) is 0.330. The van der Waals surface area contributed by atoms with Crippen LogP contribution < -0.4 is 10.6 Å². The van der Waals surface area contributed by atoms with Crippen molar-refractivity contribution in [3.05, 3.63) is 75.8 Å². The van der Waals surface area contributed by atoms with Crippen LogP contribution >= 0.6 is 23.1 Å². The fourth-order valence-electron chi connectivity index (χ4n) is 3.98. The van der Waals surface area contributed by atoms with Gasteiger partial charge < -0.3 is 19.9 Å². The summed E-state index contributed by atoms with van der Waals surface area (Å²) in [5, 5.41) is 5.76. The number of benzene rings is 2. The Hall–Kier alpha value is -3.90. The first-order chi connectivity index (χ1) is 17.3. The summed E-state index contributed by atoms with van der Waals surface area (Å²) in [6.07, 6.45) is 0. The van der Waals surface area contributed by atoms with Gasteiger partial charge >= 0.3 is 5.97 Å². The van der Waals surface area contributed by atoms with Gasteiger partial charge in [0, 0.05) is 16.0 Å². The fourth-order valence-corrected chi connectivity index (χ4v) is 4.96. The summed E-state index contributed by atoms with van der Waals surface area (Å²) in [6.45, 7) is 1.35. The molecule has 0 spiro atoms. The van der Waals surface area contributed by atoms with Gasteiger partial charge in [-0.25, -0.2) is 18.6 Å². The zero-order valence-electron chi connectivity index (χ0n) is 18.5. The first-order valence-corrected chi connectivity index (χ1v) is 11.8. The minimum Gasteiger partial charge on any atom is -0.460 e. The molecule has 0 aliphatic carbocycles. The molecular weight excluding hydrogens is 516 g/mol. The molecular formula is C23H16ClF2N5O4S. The Morgan fingerprint density at radius 1 is 1.25 bits per heavy atom. The van der Waals surface area contributed by atoms with E-state index in [2.05, 4.69) is 20.0 Å². The second-order valence-corrected chi connectivity index (χ2v) is 8.98. The molecule has 4 aromatic rings. The number of hydrogen-bond acceptors (Lipinski definition) is 7. The summed E-state index contributed by atoms with van der Waals surface area (Å²) in [7, 11) is 0. The standard InChI is InChI=1S/C23H16ClF2N5O4S/c1-2-35-23(34)21-28-20(29-22(33)18-13-8-11(26)4-6-15(13)36-30-18)19-17(27-16(32)9-31(19)21)12-7-10(25)3-5-14(12)24/h3-8,17H,2,9H2,1H3,(H,27,32)(H,29,33). The van der Waals surface area contributed by atoms with E-state index >= 15 is 0 Å². The van der Waals surface area contributed by atoms with Crippen molar-refractivity contribution in [2.24, 2.45) is 0 Å². The van der Waals surface area contributed by atoms with E-state index < -0.39 is 35.5 Å². The highest BCUT2D eigenvalue weighted by molar-refractivity contribution is 7.13. The lowest BCUT2D eigenvalue weighted by atomic mass is 10.0. The van der Waals surface area contributed by atoms with Gasteiger partial charge in [0.25, 0.3) is 5.91 Å². The molecule has 1 aliphatic heterocycles. The van der Waals surface area contributed by atoms with Gasteiger partial charge in [-0.2, -0.15) is 4.37 Å². The van der Waals surface area contributed by atoms with Crippen molar-refractivity contribution in [2.45, 2.75) is 19.5 Å². The molecule has 2 aromatic carbocycles. The number of hydrogen-bond donors (Lipinski definition) is 2. The molecule has 1 atom stereocenters. The molecule has 13 heteroatoms. The largest absolute Gasteiger partial charge is 0.460 e. The number of amides is 2. The maximum Gasteiger partial charge on any atom is 0.374 e. The van der Waals surface area contributed by atoms with Crippen molar-refractivity contribution in [2.75, 3.05) is 11.9 Å². The smallest absolute Gasteiger partial charge is 0.374 e. The van der Waals surface area contributed by atoms with E-state index in [1.54, 1.807) is 6.92 Å². The van der Waals surface area contributed by atoms with Crippen LogP contribution in [-0.4, -0.2) is 38.3 Å². The molecule has 2 aromatic heterocycles. The number of nitrogens with one attached hydrogen (secondary N) is 2. The normalized spacial score (nSPS) is 14.9. The minimum absolute atomic E-state index is 0.0461. The van der Waals surface area contributed by atoms with Crippen molar-refractivity contribution >= 4 is 56.8 Å². The van der Waals surface area contributed by atoms with Crippen LogP contribution in [0.4, 0.5) is 14.6 Å². The number of rotatable bonds is 5. The van der Waals surface area contributed by atoms with E-state index in [-0.39, 0.29) is 46.8 Å². The maximum atomic E-state index is 14.1. The van der Waals surface area contributed by atoms with Gasteiger partial charge in [0.05, 0.1) is 23.0 Å². The number of esters is 1. The number of carbonyl (C=O) groups is 3. The van der Waals surface area contributed by atoms with Crippen molar-refractivity contribution < 1.29 is 27.9 Å². The summed E-state index contributed by atoms with van der Waals surface area (Å²) in [4.78, 5) is 42.6. The van der Waals surface area contributed by atoms with Crippen LogP contribution in [0.5, 0.6) is 0 Å². The molecule has 184 valence electrons. The lowest BCUT2D eigenvalue weighted by Crippen LogP contribution is -2.40. The maximum absolute atomic E-state index is 14.1. The third kappa shape index (κ3) is 4.18. The van der Waals surface area contributed by atoms with E-state index in [0.717, 1.165) is 23.7 Å². The summed E-state index contributed by atoms with van der Waals surface area (Å²) in [6, 6.07) is 6.54. The van der Waals surface area contributed by atoms with Gasteiger partial charge in [0.15, 0.2) is 5.82 Å². The fraction of sp³-hybridized carbons (Fsp3) is 0.174. The van der Waals surface area contributed by atoms with Crippen molar-refractivity contribution in [1.82, 2.24) is 19.2 Å². The van der Waals surface area contributed by atoms with E-state index in [0.29, 0.717) is 10.1 Å². The number of fused-ring (bicyclic) bond motifs is 2. The number of ether oxygens (including phenoxy) is 1. The number of anilines is 1. The second-order valence-electron chi connectivity index (χ2n) is 7.77. The van der Waals surface area contributed by atoms with E-state index in [9.17, 15) is 23.2 Å². The van der Waals surface area contributed by atoms with Crippen LogP contribution in [0.25, 0.3) is 10.1 Å². The number of carbonyl (C=O) groups excluding carboxylic acids is 3. The Labute approximate surface area is 211 Å². The third-order valence-corrected chi connectivity index (χ3v) is 6.66. The van der Waals surface area contributed by atoms with Crippen LogP contribution in [0.1, 0.15) is 45.3 Å². The SMILES string of the molecule is CCOC(=O)c1nc(NC(=O)c2nsc3ccc(F)cc23)c2n1CC(=O)NC2c1cc(F)ccc1Cl. The first-order valence-electron chi connectivity index (χ1n) is 10.6. The molecule has 5 rings (SSSR count). The monoisotopic (exact) mass is 531 g/mol. The quantitative estimate of drug-likeness (QED) is 0.375. The van der Waals surface area contributed by atoms with Crippen molar-refractivity contribution in [3.63, 3.8) is 0 Å². The molecule has 0 fully saturated rings. The molecule has 36 heavy (non-hydrogen) atoms. The third-order valence-electron chi connectivity index (χ3n) is 5.49. The van der Waals surface area contributed by atoms with Gasteiger partial charge in [0.2, 0.25) is 11.7 Å². The summed E-state index contributed by atoms with van der Waals surface area (Å²) in [5.74, 6) is -3.50. The van der Waals surface area contributed by atoms with Gasteiger partial charge in [0.1, 0.15) is 23.9 Å². The highest BCUT2D eigenvalue weighted by atomic mass is 35.5. The molecule has 2 amide bonds. The summed E-state index contributed by atoms with van der Waals surface area (Å²) < 4.78 is 39.0. The topological polar surface area (TPSA) is 115 Å². The van der Waals surface area contributed by atoms with Crippen molar-refractivity contribution in [1.29, 1.82) is 0 Å². The molecule has 0 bridgehead atoms. The predicted molar refractivity (Wildman–Crippen MR) is 127 cm³/mol. The molecule has 0 radical (unpaired) electrons. The lowest BCUT2D eigenvalue weighted by molar-refractivity contribution is -0.123. The van der Waals surface area contributed by atoms with Crippen LogP contribution in [0.15, 0.2) is 36.4 Å². The first kappa shape index (κ1) is 23.8. The number of imidazole rings is 1. The molecule has 0 saturated heterocycles. The molecule has 0 saturated carbocycles. The number of aromatic nitrogens is 3. The average Bonchev–Trinajstić information content (AvgIpc) is 3.41. The highest BCUT2D eigenvalue weighted by Gasteiger charge is 2.36. The van der Waals surface area contributed by atoms with E-state index in [4.69, 9.17) is 16.3 Å².